The van der Waals surface area contributed by atoms with Gasteiger partial charge in [-0.2, -0.15) is 13.2 Å². The van der Waals surface area contributed by atoms with Crippen molar-refractivity contribution in [2.24, 2.45) is 5.73 Å². The predicted octanol–water partition coefficient (Wildman–Crippen LogP) is 1.81. The van der Waals surface area contributed by atoms with Crippen molar-refractivity contribution in [1.29, 1.82) is 0 Å². The molecule has 0 aliphatic heterocycles. The maximum atomic E-state index is 12.6. The zero-order chi connectivity index (χ0) is 15.9. The third-order valence-corrected chi connectivity index (χ3v) is 2.64. The summed E-state index contributed by atoms with van der Waals surface area (Å²) in [6.07, 6.45) is -4.53. The molecule has 0 unspecified atom stereocenters. The first-order valence-corrected chi connectivity index (χ1v) is 6.45. The van der Waals surface area contributed by atoms with Crippen LogP contribution in [-0.2, 0) is 15.7 Å². The topological polar surface area (TPSA) is 69.4 Å². The average Bonchev–Trinajstić information content (AvgIpc) is 2.41. The van der Waals surface area contributed by atoms with Crippen LogP contribution in [0.2, 0.25) is 0 Å². The van der Waals surface area contributed by atoms with E-state index in [0.717, 1.165) is 6.07 Å². The average molecular weight is 323 g/mol. The molecule has 0 spiro atoms. The van der Waals surface area contributed by atoms with Crippen LogP contribution < -0.4 is 11.1 Å². The number of rotatable bonds is 8. The number of aromatic nitrogens is 1. The van der Waals surface area contributed by atoms with Crippen molar-refractivity contribution in [2.75, 3.05) is 38.8 Å². The molecule has 0 aliphatic rings. The molecular weight excluding hydrogens is 307 g/mol. The summed E-state index contributed by atoms with van der Waals surface area (Å²) < 4.78 is 47.9. The van der Waals surface area contributed by atoms with Crippen LogP contribution in [0.3, 0.4) is 0 Å². The summed E-state index contributed by atoms with van der Waals surface area (Å²) in [5, 5.41) is 2.74. The Morgan fingerprint density at radius 2 is 2.05 bits per heavy atom. The fraction of sp³-hybridized carbons (Fsp3) is 0.500. The van der Waals surface area contributed by atoms with E-state index in [2.05, 4.69) is 10.3 Å². The van der Waals surface area contributed by atoms with Gasteiger partial charge in [0.1, 0.15) is 16.5 Å². The predicted molar refractivity (Wildman–Crippen MR) is 76.3 cm³/mol. The lowest BCUT2D eigenvalue weighted by atomic mass is 10.2. The lowest BCUT2D eigenvalue weighted by Gasteiger charge is -2.13. The Kier molecular flexibility index (Phi) is 6.79. The summed E-state index contributed by atoms with van der Waals surface area (Å²) in [6.45, 7) is 1.40. The molecule has 0 radical (unpaired) electrons. The number of alkyl halides is 3. The van der Waals surface area contributed by atoms with Gasteiger partial charge in [0, 0.05) is 13.7 Å². The second kappa shape index (κ2) is 8.11. The number of hydrogen-bond donors (Lipinski definition) is 2. The minimum Gasteiger partial charge on any atom is -0.389 e. The van der Waals surface area contributed by atoms with Crippen LogP contribution in [0.1, 0.15) is 11.3 Å². The number of anilines is 1. The Morgan fingerprint density at radius 3 is 2.62 bits per heavy atom. The Balaban J connectivity index is 2.71. The van der Waals surface area contributed by atoms with Gasteiger partial charge in [-0.3, -0.25) is 0 Å². The molecule has 0 bridgehead atoms. The van der Waals surface area contributed by atoms with Crippen molar-refractivity contribution < 1.29 is 22.6 Å². The van der Waals surface area contributed by atoms with Crippen LogP contribution in [-0.4, -0.2) is 43.4 Å². The van der Waals surface area contributed by atoms with Gasteiger partial charge in [0.2, 0.25) is 0 Å². The van der Waals surface area contributed by atoms with Crippen molar-refractivity contribution in [1.82, 2.24) is 4.98 Å². The maximum Gasteiger partial charge on any atom is 0.433 e. The minimum atomic E-state index is -4.53. The fourth-order valence-corrected chi connectivity index (χ4v) is 1.60. The third-order valence-electron chi connectivity index (χ3n) is 2.42. The Hall–Kier alpha value is -1.45. The van der Waals surface area contributed by atoms with E-state index in [1.54, 1.807) is 7.11 Å². The molecule has 0 saturated heterocycles. The van der Waals surface area contributed by atoms with E-state index in [4.69, 9.17) is 27.4 Å². The maximum absolute atomic E-state index is 12.6. The van der Waals surface area contributed by atoms with E-state index >= 15 is 0 Å². The van der Waals surface area contributed by atoms with Gasteiger partial charge in [-0.25, -0.2) is 4.98 Å². The summed E-state index contributed by atoms with van der Waals surface area (Å²) in [4.78, 5) is 3.49. The number of halogens is 3. The first-order chi connectivity index (χ1) is 9.86. The van der Waals surface area contributed by atoms with E-state index < -0.39 is 11.9 Å². The first-order valence-electron chi connectivity index (χ1n) is 6.05. The van der Waals surface area contributed by atoms with Gasteiger partial charge in [0.15, 0.2) is 0 Å². The van der Waals surface area contributed by atoms with Gasteiger partial charge in [-0.15, -0.1) is 0 Å². The highest BCUT2D eigenvalue weighted by Crippen LogP contribution is 2.29. The van der Waals surface area contributed by atoms with E-state index in [1.165, 1.54) is 6.07 Å². The molecule has 5 nitrogen and oxygen atoms in total. The summed E-state index contributed by atoms with van der Waals surface area (Å²) in [5.74, 6) is -0.00679. The lowest BCUT2D eigenvalue weighted by Crippen LogP contribution is -2.19. The highest BCUT2D eigenvalue weighted by Gasteiger charge is 2.33. The molecule has 1 aromatic rings. The van der Waals surface area contributed by atoms with E-state index in [9.17, 15) is 13.2 Å². The highest BCUT2D eigenvalue weighted by molar-refractivity contribution is 7.80. The molecule has 0 amide bonds. The zero-order valence-corrected chi connectivity index (χ0v) is 12.2. The van der Waals surface area contributed by atoms with Crippen molar-refractivity contribution >= 4 is 23.0 Å². The number of nitrogens with two attached hydrogens (primary N) is 1. The monoisotopic (exact) mass is 323 g/mol. The molecule has 1 heterocycles. The van der Waals surface area contributed by atoms with E-state index in [0.29, 0.717) is 13.2 Å². The van der Waals surface area contributed by atoms with Crippen LogP contribution in [0.15, 0.2) is 12.1 Å². The number of hydrogen-bond acceptors (Lipinski definition) is 5. The van der Waals surface area contributed by atoms with Crippen LogP contribution in [0.5, 0.6) is 0 Å². The Labute approximate surface area is 125 Å². The van der Waals surface area contributed by atoms with E-state index in [-0.39, 0.29) is 29.5 Å². The molecule has 21 heavy (non-hydrogen) atoms. The summed E-state index contributed by atoms with van der Waals surface area (Å²) in [6, 6.07) is 2.04. The smallest absolute Gasteiger partial charge is 0.389 e. The third kappa shape index (κ3) is 5.82. The normalized spacial score (nSPS) is 11.4. The van der Waals surface area contributed by atoms with Gasteiger partial charge < -0.3 is 20.5 Å². The number of pyridine rings is 1. The van der Waals surface area contributed by atoms with Crippen molar-refractivity contribution in [3.05, 3.63) is 23.4 Å². The van der Waals surface area contributed by atoms with Gasteiger partial charge in [0.25, 0.3) is 0 Å². The van der Waals surface area contributed by atoms with E-state index in [1.807, 2.05) is 0 Å². The largest absolute Gasteiger partial charge is 0.433 e. The van der Waals surface area contributed by atoms with Crippen LogP contribution >= 0.6 is 12.2 Å². The van der Waals surface area contributed by atoms with Crippen molar-refractivity contribution in [2.45, 2.75) is 6.18 Å². The van der Waals surface area contributed by atoms with Crippen LogP contribution in [0.25, 0.3) is 0 Å². The van der Waals surface area contributed by atoms with Gasteiger partial charge in [0.05, 0.1) is 25.4 Å². The molecule has 0 atom stereocenters. The summed E-state index contributed by atoms with van der Waals surface area (Å²) in [5.41, 5.74) is 4.72. The molecule has 0 aliphatic carbocycles. The summed E-state index contributed by atoms with van der Waals surface area (Å²) >= 11 is 4.79. The minimum absolute atomic E-state index is 0.00679. The second-order valence-corrected chi connectivity index (χ2v) is 4.43. The Bertz CT molecular complexity index is 483. The molecule has 3 N–H and O–H groups in total. The van der Waals surface area contributed by atoms with Gasteiger partial charge in [-0.1, -0.05) is 12.2 Å². The van der Waals surface area contributed by atoms with Crippen molar-refractivity contribution in [3.8, 4) is 0 Å². The highest BCUT2D eigenvalue weighted by atomic mass is 32.1. The van der Waals surface area contributed by atoms with Gasteiger partial charge in [-0.05, 0) is 12.1 Å². The Morgan fingerprint density at radius 1 is 1.33 bits per heavy atom. The molecule has 9 heteroatoms. The molecular formula is C12H16F3N3O2S. The molecule has 0 fully saturated rings. The van der Waals surface area contributed by atoms with Crippen LogP contribution in [0.4, 0.5) is 19.0 Å². The van der Waals surface area contributed by atoms with Gasteiger partial charge >= 0.3 is 6.18 Å². The number of thiocarbonyl (C=S) groups is 1. The first kappa shape index (κ1) is 17.6. The molecule has 1 aromatic heterocycles. The number of nitrogens with zero attached hydrogens (tertiary/aromatic N) is 1. The molecule has 0 saturated carbocycles. The lowest BCUT2D eigenvalue weighted by molar-refractivity contribution is -0.141. The molecule has 118 valence electrons. The number of nitrogens with one attached hydrogen (secondary N) is 1. The summed E-state index contributed by atoms with van der Waals surface area (Å²) in [7, 11) is 1.54. The standard InChI is InChI=1S/C12H16F3N3O2S/c1-19-6-7-20-5-4-17-11-8(10(16)21)2-3-9(18-11)12(13,14)15/h2-3H,4-7H2,1H3,(H2,16,21)(H,17,18). The molecule has 0 aromatic carbocycles. The zero-order valence-electron chi connectivity index (χ0n) is 11.4. The van der Waals surface area contributed by atoms with Crippen molar-refractivity contribution in [3.63, 3.8) is 0 Å². The SMILES string of the molecule is COCCOCCNc1nc(C(F)(F)F)ccc1C(N)=S. The number of ether oxygens (including phenoxy) is 2. The number of methoxy groups -OCH3 is 1. The fourth-order valence-electron chi connectivity index (χ4n) is 1.44. The second-order valence-electron chi connectivity index (χ2n) is 3.99. The van der Waals surface area contributed by atoms with Crippen LogP contribution in [0, 0.1) is 0 Å². The quantitative estimate of drug-likeness (QED) is 0.562. The molecule has 1 rings (SSSR count).